The third-order valence-corrected chi connectivity index (χ3v) is 7.26. The van der Waals surface area contributed by atoms with Crippen molar-refractivity contribution in [1.82, 2.24) is 19.3 Å². The normalized spacial score (nSPS) is 18.5. The number of pyridine rings is 1. The molecule has 8 nitrogen and oxygen atoms in total. The van der Waals surface area contributed by atoms with E-state index in [9.17, 15) is 8.42 Å². The average Bonchev–Trinajstić information content (AvgIpc) is 3.47. The van der Waals surface area contributed by atoms with Crippen LogP contribution in [0.2, 0.25) is 0 Å². The highest BCUT2D eigenvalue weighted by Crippen LogP contribution is 2.31. The van der Waals surface area contributed by atoms with Gasteiger partial charge < -0.3 is 10.2 Å². The van der Waals surface area contributed by atoms with Crippen molar-refractivity contribution in [3.63, 3.8) is 0 Å². The highest BCUT2D eigenvalue weighted by Gasteiger charge is 2.41. The molecule has 0 aromatic carbocycles. The molecule has 1 saturated heterocycles. The molecule has 0 amide bonds. The summed E-state index contributed by atoms with van der Waals surface area (Å²) in [4.78, 5) is 15.4. The van der Waals surface area contributed by atoms with Crippen molar-refractivity contribution >= 4 is 27.5 Å². The predicted molar refractivity (Wildman–Crippen MR) is 105 cm³/mol. The van der Waals surface area contributed by atoms with Gasteiger partial charge >= 0.3 is 0 Å². The average molecular weight is 388 g/mol. The standard InChI is InChI=1S/C18H24N6O2S/c1-13-5-6-19-16(11-13)22-17-12-18(21-14(2)20-17)23-7-9-24(10-8-23)27(25,26)15-3-4-15/h5-6,11-12,15H,3-4,7-10H2,1-2H3,(H,19,20,21,22). The smallest absolute Gasteiger partial charge is 0.217 e. The molecule has 27 heavy (non-hydrogen) atoms. The lowest BCUT2D eigenvalue weighted by atomic mass is 10.3. The summed E-state index contributed by atoms with van der Waals surface area (Å²) in [6.07, 6.45) is 3.36. The lowest BCUT2D eigenvalue weighted by molar-refractivity contribution is 0.383. The van der Waals surface area contributed by atoms with Gasteiger partial charge in [-0.15, -0.1) is 0 Å². The second-order valence-electron chi connectivity index (χ2n) is 7.13. The fourth-order valence-electron chi connectivity index (χ4n) is 3.26. The maximum absolute atomic E-state index is 12.4. The predicted octanol–water partition coefficient (Wildman–Crippen LogP) is 1.85. The number of aryl methyl sites for hydroxylation is 2. The molecule has 2 aliphatic rings. The van der Waals surface area contributed by atoms with Gasteiger partial charge in [-0.05, 0) is 44.4 Å². The highest BCUT2D eigenvalue weighted by molar-refractivity contribution is 7.90. The Morgan fingerprint density at radius 3 is 2.44 bits per heavy atom. The van der Waals surface area contributed by atoms with Crippen LogP contribution in [0.15, 0.2) is 24.4 Å². The van der Waals surface area contributed by atoms with Gasteiger partial charge in [0.05, 0.1) is 5.25 Å². The maximum Gasteiger partial charge on any atom is 0.217 e. The zero-order chi connectivity index (χ0) is 19.0. The summed E-state index contributed by atoms with van der Waals surface area (Å²) in [6, 6.07) is 5.79. The van der Waals surface area contributed by atoms with Crippen molar-refractivity contribution in [3.05, 3.63) is 35.8 Å². The number of rotatable bonds is 5. The Labute approximate surface area is 159 Å². The molecule has 2 fully saturated rings. The summed E-state index contributed by atoms with van der Waals surface area (Å²) in [5.74, 6) is 2.89. The van der Waals surface area contributed by atoms with Gasteiger partial charge in [0, 0.05) is 38.4 Å². The molecule has 9 heteroatoms. The van der Waals surface area contributed by atoms with Crippen LogP contribution >= 0.6 is 0 Å². The van der Waals surface area contributed by atoms with E-state index in [-0.39, 0.29) is 5.25 Å². The topological polar surface area (TPSA) is 91.3 Å². The van der Waals surface area contributed by atoms with Gasteiger partial charge in [0.2, 0.25) is 10.0 Å². The van der Waals surface area contributed by atoms with Crippen LogP contribution in [0.1, 0.15) is 24.2 Å². The summed E-state index contributed by atoms with van der Waals surface area (Å²) >= 11 is 0. The fraction of sp³-hybridized carbons (Fsp3) is 0.500. The molecule has 3 heterocycles. The van der Waals surface area contributed by atoms with E-state index in [4.69, 9.17) is 0 Å². The molecule has 0 radical (unpaired) electrons. The first-order chi connectivity index (χ1) is 12.9. The molecule has 2 aromatic rings. The minimum Gasteiger partial charge on any atom is -0.354 e. The first-order valence-electron chi connectivity index (χ1n) is 9.21. The van der Waals surface area contributed by atoms with Crippen LogP contribution in [-0.4, -0.2) is 59.1 Å². The minimum absolute atomic E-state index is 0.150. The van der Waals surface area contributed by atoms with Crippen molar-refractivity contribution in [2.24, 2.45) is 0 Å². The molecule has 0 spiro atoms. The minimum atomic E-state index is -3.10. The summed E-state index contributed by atoms with van der Waals surface area (Å²) in [7, 11) is -3.10. The van der Waals surface area contributed by atoms with Crippen molar-refractivity contribution in [2.75, 3.05) is 36.4 Å². The number of anilines is 3. The molecule has 4 rings (SSSR count). The number of sulfonamides is 1. The first-order valence-corrected chi connectivity index (χ1v) is 10.7. The quantitative estimate of drug-likeness (QED) is 0.836. The van der Waals surface area contributed by atoms with Crippen LogP contribution in [0.25, 0.3) is 0 Å². The van der Waals surface area contributed by atoms with Crippen LogP contribution in [0, 0.1) is 13.8 Å². The highest BCUT2D eigenvalue weighted by atomic mass is 32.2. The lowest BCUT2D eigenvalue weighted by Crippen LogP contribution is -2.49. The molecule has 144 valence electrons. The van der Waals surface area contributed by atoms with E-state index in [0.717, 1.165) is 30.0 Å². The van der Waals surface area contributed by atoms with E-state index in [1.54, 1.807) is 10.5 Å². The number of piperazine rings is 1. The Hall–Kier alpha value is -2.26. The second-order valence-corrected chi connectivity index (χ2v) is 9.35. The molecule has 0 atom stereocenters. The van der Waals surface area contributed by atoms with Crippen LogP contribution in [0.3, 0.4) is 0 Å². The lowest BCUT2D eigenvalue weighted by Gasteiger charge is -2.34. The molecular weight excluding hydrogens is 364 g/mol. The van der Waals surface area contributed by atoms with Gasteiger partial charge in [0.1, 0.15) is 23.3 Å². The molecule has 1 aliphatic carbocycles. The summed E-state index contributed by atoms with van der Waals surface area (Å²) in [5, 5.41) is 3.08. The van der Waals surface area contributed by atoms with Crippen LogP contribution in [-0.2, 0) is 10.0 Å². The van der Waals surface area contributed by atoms with Gasteiger partial charge in [-0.3, -0.25) is 0 Å². The second kappa shape index (κ2) is 7.05. The SMILES string of the molecule is Cc1ccnc(Nc2cc(N3CCN(S(=O)(=O)C4CC4)CC3)nc(C)n2)c1. The zero-order valence-electron chi connectivity index (χ0n) is 15.6. The number of hydrogen-bond acceptors (Lipinski definition) is 7. The van der Waals surface area contributed by atoms with E-state index in [0.29, 0.717) is 37.8 Å². The number of nitrogens with zero attached hydrogens (tertiary/aromatic N) is 5. The van der Waals surface area contributed by atoms with Crippen LogP contribution < -0.4 is 10.2 Å². The molecule has 1 N–H and O–H groups in total. The van der Waals surface area contributed by atoms with Crippen molar-refractivity contribution in [2.45, 2.75) is 31.9 Å². The molecule has 1 saturated carbocycles. The Bertz CT molecular complexity index is 937. The fourth-order valence-corrected chi connectivity index (χ4v) is 5.09. The van der Waals surface area contributed by atoms with Gasteiger partial charge in [-0.1, -0.05) is 0 Å². The number of hydrogen-bond donors (Lipinski definition) is 1. The van der Waals surface area contributed by atoms with Crippen LogP contribution in [0.4, 0.5) is 17.5 Å². The van der Waals surface area contributed by atoms with E-state index in [1.807, 2.05) is 32.0 Å². The van der Waals surface area contributed by atoms with E-state index < -0.39 is 10.0 Å². The molecule has 0 unspecified atom stereocenters. The van der Waals surface area contributed by atoms with Gasteiger partial charge in [-0.2, -0.15) is 4.31 Å². The van der Waals surface area contributed by atoms with Crippen molar-refractivity contribution < 1.29 is 8.42 Å². The molecule has 0 bridgehead atoms. The van der Waals surface area contributed by atoms with E-state index >= 15 is 0 Å². The monoisotopic (exact) mass is 388 g/mol. The maximum atomic E-state index is 12.4. The van der Waals surface area contributed by atoms with Gasteiger partial charge in [0.15, 0.2) is 0 Å². The summed E-state index contributed by atoms with van der Waals surface area (Å²) < 4.78 is 26.4. The third-order valence-electron chi connectivity index (χ3n) is 4.86. The van der Waals surface area contributed by atoms with Gasteiger partial charge in [0.25, 0.3) is 0 Å². The zero-order valence-corrected chi connectivity index (χ0v) is 16.4. The molecule has 2 aromatic heterocycles. The largest absolute Gasteiger partial charge is 0.354 e. The first kappa shape index (κ1) is 18.1. The Morgan fingerprint density at radius 1 is 1.04 bits per heavy atom. The number of nitrogens with one attached hydrogen (secondary N) is 1. The summed E-state index contributed by atoms with van der Waals surface area (Å²) in [6.45, 7) is 6.13. The van der Waals surface area contributed by atoms with E-state index in [1.165, 1.54) is 0 Å². The van der Waals surface area contributed by atoms with Crippen molar-refractivity contribution in [1.29, 1.82) is 0 Å². The van der Waals surface area contributed by atoms with Gasteiger partial charge in [-0.25, -0.2) is 23.4 Å². The molecule has 1 aliphatic heterocycles. The Balaban J connectivity index is 1.47. The van der Waals surface area contributed by atoms with Crippen LogP contribution in [0.5, 0.6) is 0 Å². The number of aromatic nitrogens is 3. The Kier molecular flexibility index (Phi) is 4.73. The molecular formula is C18H24N6O2S. The Morgan fingerprint density at radius 2 is 1.78 bits per heavy atom. The van der Waals surface area contributed by atoms with Crippen molar-refractivity contribution in [3.8, 4) is 0 Å². The third kappa shape index (κ3) is 4.03. The van der Waals surface area contributed by atoms with E-state index in [2.05, 4.69) is 25.2 Å². The summed E-state index contributed by atoms with van der Waals surface area (Å²) in [5.41, 5.74) is 1.12.